The Morgan fingerprint density at radius 2 is 2.00 bits per heavy atom. The normalized spacial score (nSPS) is 9.71. The molecule has 0 aliphatic heterocycles. The summed E-state index contributed by atoms with van der Waals surface area (Å²) in [6, 6.07) is 3.31. The van der Waals surface area contributed by atoms with Crippen LogP contribution < -0.4 is 21.3 Å². The third-order valence-electron chi connectivity index (χ3n) is 1.78. The first-order valence-corrected chi connectivity index (χ1v) is 4.40. The van der Waals surface area contributed by atoms with Gasteiger partial charge < -0.3 is 15.6 Å². The van der Waals surface area contributed by atoms with Gasteiger partial charge in [0.1, 0.15) is 5.69 Å². The van der Waals surface area contributed by atoms with Crippen molar-refractivity contribution in [1.82, 2.24) is 5.43 Å². The van der Waals surface area contributed by atoms with Crippen LogP contribution in [0.1, 0.15) is 6.92 Å². The van der Waals surface area contributed by atoms with E-state index >= 15 is 0 Å². The minimum Gasteiger partial charge on any atom is -0.769 e. The smallest absolute Gasteiger partial charge is 0.235 e. The topological polar surface area (TPSA) is 134 Å². The largest absolute Gasteiger partial charge is 0.769 e. The average molecular weight is 242 g/mol. The molecule has 4 N–H and O–H groups in total. The number of hydrogen-bond acceptors (Lipinski definition) is 8. The molecule has 94 valence electrons. The Kier molecular flexibility index (Phi) is 4.06. The summed E-state index contributed by atoms with van der Waals surface area (Å²) in [5.74, 6) is -0.406. The van der Waals surface area contributed by atoms with Crippen LogP contribution >= 0.6 is 0 Å². The van der Waals surface area contributed by atoms with Crippen LogP contribution in [0.15, 0.2) is 18.2 Å². The Labute approximate surface area is 95.9 Å². The minimum absolute atomic E-state index is 0.0933. The van der Waals surface area contributed by atoms with Gasteiger partial charge in [-0.3, -0.25) is 26.1 Å². The van der Waals surface area contributed by atoms with E-state index in [0.717, 1.165) is 12.1 Å². The lowest BCUT2D eigenvalue weighted by atomic mass is 10.2. The summed E-state index contributed by atoms with van der Waals surface area (Å²) in [6.07, 6.45) is 0. The lowest BCUT2D eigenvalue weighted by molar-refractivity contribution is -0.118. The van der Waals surface area contributed by atoms with Crippen LogP contribution in [-0.2, 0) is 4.79 Å². The molecule has 17 heavy (non-hydrogen) atoms. The number of hydrazine groups is 1. The van der Waals surface area contributed by atoms with E-state index in [1.165, 1.54) is 13.0 Å². The molecule has 1 aromatic carbocycles. The Morgan fingerprint density at radius 1 is 1.35 bits per heavy atom. The second kappa shape index (κ2) is 5.32. The molecule has 0 unspecified atom stereocenters. The van der Waals surface area contributed by atoms with E-state index in [0.29, 0.717) is 0 Å². The molecule has 0 saturated carbocycles. The van der Waals surface area contributed by atoms with E-state index in [2.05, 4.69) is 10.9 Å². The number of nitrogens with one attached hydrogen (secondary N) is 2. The lowest BCUT2D eigenvalue weighted by Crippen LogP contribution is -2.28. The van der Waals surface area contributed by atoms with Crippen molar-refractivity contribution in [3.8, 4) is 0 Å². The second-order valence-corrected chi connectivity index (χ2v) is 3.05. The Hall–Kier alpha value is -2.07. The Balaban J connectivity index is 3.00. The van der Waals surface area contributed by atoms with Gasteiger partial charge in [-0.15, -0.1) is 5.23 Å². The second-order valence-electron chi connectivity index (χ2n) is 3.05. The molecule has 9 nitrogen and oxygen atoms in total. The highest BCUT2D eigenvalue weighted by molar-refractivity contribution is 5.78. The standard InChI is InChI=1S/C8H10N4O5/c1-5(13)9-10-7-3-2-6(11(14)15)4-8(7)12(16)17/h2-4,10,16-17H,1H3,(H,9,13)/q-2. The molecule has 0 bridgehead atoms. The fraction of sp³-hybridized carbons (Fsp3) is 0.125. The van der Waals surface area contributed by atoms with E-state index < -0.39 is 11.1 Å². The highest BCUT2D eigenvalue weighted by atomic mass is 16.8. The lowest BCUT2D eigenvalue weighted by Gasteiger charge is -2.38. The van der Waals surface area contributed by atoms with Gasteiger partial charge in [-0.05, 0) is 18.2 Å². The van der Waals surface area contributed by atoms with Crippen LogP contribution in [0, 0.1) is 10.4 Å². The van der Waals surface area contributed by atoms with Crippen LogP contribution in [0.3, 0.4) is 0 Å². The molecule has 0 fully saturated rings. The Bertz CT molecular complexity index is 409. The van der Waals surface area contributed by atoms with E-state index in [-0.39, 0.29) is 22.3 Å². The van der Waals surface area contributed by atoms with E-state index in [1.807, 2.05) is 0 Å². The maximum absolute atomic E-state index is 10.7. The summed E-state index contributed by atoms with van der Waals surface area (Å²) in [4.78, 5) is 10.7. The number of rotatable bonds is 4. The van der Waals surface area contributed by atoms with Crippen LogP contribution in [0.2, 0.25) is 0 Å². The molecule has 0 spiro atoms. The van der Waals surface area contributed by atoms with Crippen molar-refractivity contribution >= 4 is 23.0 Å². The van der Waals surface area contributed by atoms with E-state index in [4.69, 9.17) is 10.4 Å². The zero-order valence-corrected chi connectivity index (χ0v) is 8.75. The van der Waals surface area contributed by atoms with Crippen molar-refractivity contribution in [1.29, 1.82) is 0 Å². The summed E-state index contributed by atoms with van der Waals surface area (Å²) in [6.45, 7) is 1.24. The fourth-order valence-electron chi connectivity index (χ4n) is 1.06. The highest BCUT2D eigenvalue weighted by Gasteiger charge is 2.08. The molecule has 0 saturated heterocycles. The minimum atomic E-state index is -0.685. The van der Waals surface area contributed by atoms with Crippen LogP contribution in [0.25, 0.3) is 0 Å². The van der Waals surface area contributed by atoms with E-state index in [9.17, 15) is 15.2 Å². The van der Waals surface area contributed by atoms with Gasteiger partial charge in [-0.2, -0.15) is 0 Å². The first-order valence-electron chi connectivity index (χ1n) is 4.40. The zero-order valence-electron chi connectivity index (χ0n) is 8.75. The van der Waals surface area contributed by atoms with Crippen LogP contribution in [-0.4, -0.2) is 16.3 Å². The van der Waals surface area contributed by atoms with Gasteiger partial charge in [0.15, 0.2) is 0 Å². The molecule has 9 heteroatoms. The molecule has 0 atom stereocenters. The number of nitrogens with zero attached hydrogens (tertiary/aromatic N) is 2. The van der Waals surface area contributed by atoms with Crippen LogP contribution in [0.4, 0.5) is 17.1 Å². The first kappa shape index (κ1) is 13.0. The van der Waals surface area contributed by atoms with Crippen molar-refractivity contribution < 1.29 is 15.2 Å². The van der Waals surface area contributed by atoms with Gasteiger partial charge in [0.2, 0.25) is 5.91 Å². The average Bonchev–Trinajstić information content (AvgIpc) is 2.25. The molecule has 1 amide bonds. The van der Waals surface area contributed by atoms with Crippen molar-refractivity contribution in [3.05, 3.63) is 28.6 Å². The van der Waals surface area contributed by atoms with Crippen molar-refractivity contribution in [3.63, 3.8) is 0 Å². The Morgan fingerprint density at radius 3 is 2.47 bits per heavy atom. The number of hydrogen-bond donors (Lipinski definition) is 4. The van der Waals surface area contributed by atoms with Crippen molar-refractivity contribution in [2.45, 2.75) is 6.92 Å². The van der Waals surface area contributed by atoms with Gasteiger partial charge in [0, 0.05) is 12.6 Å². The quantitative estimate of drug-likeness (QED) is 0.562. The summed E-state index contributed by atoms with van der Waals surface area (Å²) >= 11 is 0. The molecule has 0 aliphatic rings. The molecule has 0 radical (unpaired) electrons. The molecule has 0 heterocycles. The van der Waals surface area contributed by atoms with Crippen molar-refractivity contribution in [2.75, 3.05) is 15.9 Å². The summed E-state index contributed by atoms with van der Waals surface area (Å²) in [7, 11) is 0. The molecule has 1 aromatic rings. The fourth-order valence-corrected chi connectivity index (χ4v) is 1.06. The molecule has 0 aromatic heterocycles. The number of benzene rings is 1. The van der Waals surface area contributed by atoms with Gasteiger partial charge >= 0.3 is 0 Å². The van der Waals surface area contributed by atoms with E-state index in [1.54, 1.807) is 0 Å². The summed E-state index contributed by atoms with van der Waals surface area (Å²) in [5, 5.41) is 37.8. The maximum atomic E-state index is 10.7. The first-order chi connectivity index (χ1) is 7.91. The number of carbonyl (C=O) groups is 1. The predicted molar refractivity (Wildman–Crippen MR) is 59.1 cm³/mol. The van der Waals surface area contributed by atoms with Gasteiger partial charge in [-0.25, -0.2) is 0 Å². The molecular weight excluding hydrogens is 232 g/mol. The SMILES string of the molecule is CC(=O)NNc1ccc(N([O-])[O-])cc1N(O)O. The number of amides is 1. The van der Waals surface area contributed by atoms with Gasteiger partial charge in [-0.1, -0.05) is 0 Å². The van der Waals surface area contributed by atoms with Gasteiger partial charge in [0.25, 0.3) is 0 Å². The molecule has 0 aliphatic carbocycles. The predicted octanol–water partition coefficient (Wildman–Crippen LogP) is 0.536. The van der Waals surface area contributed by atoms with Gasteiger partial charge in [0.05, 0.1) is 5.69 Å². The summed E-state index contributed by atoms with van der Waals surface area (Å²) in [5.41, 5.74) is 4.08. The zero-order chi connectivity index (χ0) is 13.0. The molecule has 1 rings (SSSR count). The third-order valence-corrected chi connectivity index (χ3v) is 1.78. The highest BCUT2D eigenvalue weighted by Crippen LogP contribution is 2.28. The third kappa shape index (κ3) is 3.46. The van der Waals surface area contributed by atoms with Crippen LogP contribution in [0.5, 0.6) is 0 Å². The number of carbonyl (C=O) groups excluding carboxylic acids is 1. The maximum Gasteiger partial charge on any atom is 0.235 e. The number of anilines is 3. The molecular formula is C8H10N4O5-2. The summed E-state index contributed by atoms with van der Waals surface area (Å²) < 4.78 is 0. The monoisotopic (exact) mass is 242 g/mol. The van der Waals surface area contributed by atoms with Crippen molar-refractivity contribution in [2.24, 2.45) is 0 Å².